The van der Waals surface area contributed by atoms with Gasteiger partial charge in [-0.2, -0.15) is 5.10 Å². The monoisotopic (exact) mass is 428 g/mol. The molecule has 1 saturated heterocycles. The van der Waals surface area contributed by atoms with Crippen LogP contribution >= 0.6 is 0 Å². The van der Waals surface area contributed by atoms with Crippen molar-refractivity contribution < 1.29 is 14.0 Å². The second-order valence-electron chi connectivity index (χ2n) is 7.53. The number of hydroxylamine groups is 1. The number of rotatable bonds is 6. The van der Waals surface area contributed by atoms with Crippen molar-refractivity contribution in [3.05, 3.63) is 96.4 Å². The lowest BCUT2D eigenvalue weighted by Gasteiger charge is -2.13. The summed E-state index contributed by atoms with van der Waals surface area (Å²) in [7, 11) is 0. The molecule has 3 aromatic carbocycles. The van der Waals surface area contributed by atoms with Crippen molar-refractivity contribution in [1.29, 1.82) is 0 Å². The summed E-state index contributed by atoms with van der Waals surface area (Å²) in [6, 6.07) is 24.2. The largest absolute Gasteiger partial charge is 0.300 e. The molecule has 1 aliphatic heterocycles. The molecule has 160 valence electrons. The van der Waals surface area contributed by atoms with Crippen LogP contribution in [0.5, 0.6) is 0 Å². The molecule has 1 unspecified atom stereocenters. The second kappa shape index (κ2) is 8.74. The third-order valence-corrected chi connectivity index (χ3v) is 5.47. The molecule has 1 aliphatic rings. The van der Waals surface area contributed by atoms with E-state index in [1.165, 1.54) is 6.07 Å². The van der Waals surface area contributed by atoms with E-state index < -0.39 is 6.04 Å². The first-order valence-electron chi connectivity index (χ1n) is 10.3. The molecule has 1 atom stereocenters. The smallest absolute Gasteiger partial charge is 0.263 e. The van der Waals surface area contributed by atoms with Crippen LogP contribution in [0.4, 0.5) is 4.39 Å². The van der Waals surface area contributed by atoms with Crippen molar-refractivity contribution in [2.45, 2.75) is 12.6 Å². The quantitative estimate of drug-likeness (QED) is 0.489. The Balaban J connectivity index is 1.51. The Hall–Kier alpha value is -3.81. The molecule has 2 N–H and O–H groups in total. The van der Waals surface area contributed by atoms with E-state index in [1.807, 2.05) is 42.5 Å². The number of nitrogens with one attached hydrogen (secondary N) is 2. The summed E-state index contributed by atoms with van der Waals surface area (Å²) in [5, 5.41) is 7.71. The van der Waals surface area contributed by atoms with Crippen molar-refractivity contribution in [2.24, 2.45) is 0 Å². The third kappa shape index (κ3) is 3.91. The minimum atomic E-state index is -0.461. The van der Waals surface area contributed by atoms with Crippen LogP contribution in [-0.4, -0.2) is 28.3 Å². The molecular weight excluding hydrogens is 407 g/mol. The summed E-state index contributed by atoms with van der Waals surface area (Å²) < 4.78 is 16.5. The van der Waals surface area contributed by atoms with Crippen LogP contribution in [0, 0.1) is 5.82 Å². The van der Waals surface area contributed by atoms with E-state index in [0.717, 1.165) is 22.4 Å². The van der Waals surface area contributed by atoms with Crippen molar-refractivity contribution in [3.63, 3.8) is 0 Å². The van der Waals surface area contributed by atoms with Crippen LogP contribution in [0.3, 0.4) is 0 Å². The highest BCUT2D eigenvalue weighted by Crippen LogP contribution is 2.30. The van der Waals surface area contributed by atoms with Gasteiger partial charge in [0, 0.05) is 17.7 Å². The molecule has 6 nitrogen and oxygen atoms in total. The third-order valence-electron chi connectivity index (χ3n) is 5.47. The highest BCUT2D eigenvalue weighted by Gasteiger charge is 2.26. The maximum absolute atomic E-state index is 14.8. The SMILES string of the molecule is O=C1NOCC1NCc1cnn(-c2ccc(-c3ccccc3)cc2)c1-c1ccccc1F. The fraction of sp³-hybridized carbons (Fsp3) is 0.120. The summed E-state index contributed by atoms with van der Waals surface area (Å²) in [5.74, 6) is -0.556. The van der Waals surface area contributed by atoms with E-state index in [0.29, 0.717) is 17.8 Å². The number of hydrogen-bond donors (Lipinski definition) is 2. The Morgan fingerprint density at radius 1 is 1.00 bits per heavy atom. The molecule has 1 aromatic heterocycles. The van der Waals surface area contributed by atoms with Gasteiger partial charge in [0.15, 0.2) is 0 Å². The zero-order valence-corrected chi connectivity index (χ0v) is 17.2. The van der Waals surface area contributed by atoms with Gasteiger partial charge in [-0.3, -0.25) is 14.9 Å². The Kier molecular flexibility index (Phi) is 5.49. The summed E-state index contributed by atoms with van der Waals surface area (Å²) in [6.45, 7) is 0.580. The minimum absolute atomic E-state index is 0.221. The Morgan fingerprint density at radius 3 is 2.44 bits per heavy atom. The highest BCUT2D eigenvalue weighted by molar-refractivity contribution is 5.82. The molecule has 0 spiro atoms. The van der Waals surface area contributed by atoms with Gasteiger partial charge in [0.1, 0.15) is 11.9 Å². The summed E-state index contributed by atoms with van der Waals surface area (Å²) in [4.78, 5) is 16.8. The molecular formula is C25H21FN4O2. The Labute approximate surface area is 184 Å². The van der Waals surface area contributed by atoms with E-state index in [9.17, 15) is 9.18 Å². The summed E-state index contributed by atoms with van der Waals surface area (Å²) >= 11 is 0. The number of amides is 1. The lowest BCUT2D eigenvalue weighted by molar-refractivity contribution is -0.125. The second-order valence-corrected chi connectivity index (χ2v) is 7.53. The zero-order valence-electron chi connectivity index (χ0n) is 17.2. The molecule has 1 fully saturated rings. The minimum Gasteiger partial charge on any atom is -0.300 e. The van der Waals surface area contributed by atoms with Crippen LogP contribution in [0.25, 0.3) is 28.1 Å². The Bertz CT molecular complexity index is 1240. The van der Waals surface area contributed by atoms with E-state index in [1.54, 1.807) is 29.1 Å². The zero-order chi connectivity index (χ0) is 21.9. The van der Waals surface area contributed by atoms with E-state index in [4.69, 9.17) is 4.84 Å². The van der Waals surface area contributed by atoms with Gasteiger partial charge in [0.05, 0.1) is 24.2 Å². The summed E-state index contributed by atoms with van der Waals surface area (Å²) in [5.41, 5.74) is 7.22. The van der Waals surface area contributed by atoms with Crippen LogP contribution < -0.4 is 10.8 Å². The number of carbonyl (C=O) groups is 1. The molecule has 0 radical (unpaired) electrons. The van der Waals surface area contributed by atoms with Gasteiger partial charge in [0.2, 0.25) is 0 Å². The first-order chi connectivity index (χ1) is 15.7. The predicted octanol–water partition coefficient (Wildman–Crippen LogP) is 3.87. The molecule has 0 aliphatic carbocycles. The van der Waals surface area contributed by atoms with Crippen molar-refractivity contribution in [1.82, 2.24) is 20.6 Å². The summed E-state index contributed by atoms with van der Waals surface area (Å²) in [6.07, 6.45) is 1.70. The predicted molar refractivity (Wildman–Crippen MR) is 119 cm³/mol. The molecule has 7 heteroatoms. The molecule has 5 rings (SSSR count). The number of halogens is 1. The molecule has 0 bridgehead atoms. The normalized spacial score (nSPS) is 15.7. The van der Waals surface area contributed by atoms with Gasteiger partial charge in [0.25, 0.3) is 5.91 Å². The van der Waals surface area contributed by atoms with Gasteiger partial charge >= 0.3 is 0 Å². The number of aromatic nitrogens is 2. The van der Waals surface area contributed by atoms with Crippen LogP contribution in [0.15, 0.2) is 85.1 Å². The van der Waals surface area contributed by atoms with Gasteiger partial charge in [-0.15, -0.1) is 0 Å². The van der Waals surface area contributed by atoms with Crippen molar-refractivity contribution in [2.75, 3.05) is 6.61 Å². The number of hydrogen-bond acceptors (Lipinski definition) is 4. The van der Waals surface area contributed by atoms with Gasteiger partial charge in [-0.1, -0.05) is 54.6 Å². The first kappa shape index (κ1) is 20.1. The molecule has 0 saturated carbocycles. The maximum Gasteiger partial charge on any atom is 0.263 e. The fourth-order valence-electron chi connectivity index (χ4n) is 3.80. The molecule has 4 aromatic rings. The molecule has 1 amide bonds. The van der Waals surface area contributed by atoms with Crippen LogP contribution in [0.2, 0.25) is 0 Å². The Morgan fingerprint density at radius 2 is 1.72 bits per heavy atom. The van der Waals surface area contributed by atoms with Crippen LogP contribution in [0.1, 0.15) is 5.56 Å². The lowest BCUT2D eigenvalue weighted by Crippen LogP contribution is -2.37. The first-order valence-corrected chi connectivity index (χ1v) is 10.3. The van der Waals surface area contributed by atoms with E-state index in [-0.39, 0.29) is 18.3 Å². The molecule has 2 heterocycles. The highest BCUT2D eigenvalue weighted by atomic mass is 19.1. The topological polar surface area (TPSA) is 68.2 Å². The number of carbonyl (C=O) groups excluding carboxylic acids is 1. The van der Waals surface area contributed by atoms with E-state index in [2.05, 4.69) is 28.0 Å². The van der Waals surface area contributed by atoms with Gasteiger partial charge in [-0.05, 0) is 35.4 Å². The van der Waals surface area contributed by atoms with Gasteiger partial charge < -0.3 is 0 Å². The average molecular weight is 428 g/mol. The molecule has 32 heavy (non-hydrogen) atoms. The number of nitrogens with zero attached hydrogens (tertiary/aromatic N) is 2. The average Bonchev–Trinajstić information content (AvgIpc) is 3.44. The van der Waals surface area contributed by atoms with Crippen molar-refractivity contribution in [3.8, 4) is 28.1 Å². The number of benzene rings is 3. The van der Waals surface area contributed by atoms with Crippen LogP contribution in [-0.2, 0) is 16.2 Å². The lowest BCUT2D eigenvalue weighted by atomic mass is 10.0. The van der Waals surface area contributed by atoms with Gasteiger partial charge in [-0.25, -0.2) is 14.6 Å². The van der Waals surface area contributed by atoms with Crippen molar-refractivity contribution >= 4 is 5.91 Å². The maximum atomic E-state index is 14.8. The van der Waals surface area contributed by atoms with E-state index >= 15 is 0 Å². The fourth-order valence-corrected chi connectivity index (χ4v) is 3.80. The standard InChI is InChI=1S/C25H21FN4O2/c26-22-9-5-4-8-21(22)24-19(14-27-23-16-32-29-25(23)31)15-28-30(24)20-12-10-18(11-13-20)17-6-2-1-3-7-17/h1-13,15,23,27H,14,16H2,(H,29,31).